The predicted molar refractivity (Wildman–Crippen MR) is 76.8 cm³/mol. The predicted octanol–water partition coefficient (Wildman–Crippen LogP) is 1.82. The van der Waals surface area contributed by atoms with Crippen molar-refractivity contribution in [2.75, 3.05) is 7.05 Å². The van der Waals surface area contributed by atoms with Crippen LogP contribution in [-0.4, -0.2) is 35.1 Å². The van der Waals surface area contributed by atoms with Gasteiger partial charge < -0.3 is 10.6 Å². The third-order valence-electron chi connectivity index (χ3n) is 4.05. The molecular weight excluding hydrogens is 276 g/mol. The van der Waals surface area contributed by atoms with Crippen molar-refractivity contribution in [2.24, 2.45) is 5.73 Å². The average Bonchev–Trinajstić information content (AvgIpc) is 3.06. The molecule has 6 heteroatoms. The molecule has 5 nitrogen and oxygen atoms in total. The Morgan fingerprint density at radius 3 is 2.35 bits per heavy atom. The van der Waals surface area contributed by atoms with Gasteiger partial charge in [-0.3, -0.25) is 14.4 Å². The topological polar surface area (TPSA) is 80.5 Å². The number of rotatable bonds is 4. The van der Waals surface area contributed by atoms with Crippen molar-refractivity contribution in [1.82, 2.24) is 4.90 Å². The minimum Gasteiger partial charge on any atom is -0.368 e. The van der Waals surface area contributed by atoms with Gasteiger partial charge in [-0.25, -0.2) is 0 Å². The smallest absolute Gasteiger partial charge is 0.264 e. The first kappa shape index (κ1) is 14.7. The summed E-state index contributed by atoms with van der Waals surface area (Å²) in [5, 5.41) is 1.66. The molecule has 20 heavy (non-hydrogen) atoms. The highest BCUT2D eigenvalue weighted by Gasteiger charge is 2.45. The molecule has 0 bridgehead atoms. The van der Waals surface area contributed by atoms with E-state index in [4.69, 9.17) is 5.73 Å². The van der Waals surface area contributed by atoms with Crippen LogP contribution < -0.4 is 5.73 Å². The Labute approximate surface area is 121 Å². The van der Waals surface area contributed by atoms with Crippen molar-refractivity contribution >= 4 is 28.9 Å². The third-order valence-corrected chi connectivity index (χ3v) is 4.97. The van der Waals surface area contributed by atoms with Crippen LogP contribution in [0.5, 0.6) is 0 Å². The van der Waals surface area contributed by atoms with E-state index in [-0.39, 0.29) is 11.7 Å². The van der Waals surface area contributed by atoms with Crippen LogP contribution in [0.3, 0.4) is 0 Å². The number of carbonyl (C=O) groups excluding carboxylic acids is 3. The van der Waals surface area contributed by atoms with Gasteiger partial charge in [0.1, 0.15) is 5.54 Å². The minimum absolute atomic E-state index is 0.0755. The third kappa shape index (κ3) is 2.35. The summed E-state index contributed by atoms with van der Waals surface area (Å²) in [7, 11) is 1.62. The zero-order valence-electron chi connectivity index (χ0n) is 11.6. The van der Waals surface area contributed by atoms with Crippen LogP contribution in [0, 0.1) is 0 Å². The summed E-state index contributed by atoms with van der Waals surface area (Å²) in [5.74, 6) is -0.772. The number of thiophene rings is 1. The largest absolute Gasteiger partial charge is 0.368 e. The molecule has 2 amide bonds. The monoisotopic (exact) mass is 294 g/mol. The molecule has 1 heterocycles. The first-order valence-corrected chi connectivity index (χ1v) is 7.44. The lowest BCUT2D eigenvalue weighted by molar-refractivity contribution is -0.127. The fourth-order valence-electron chi connectivity index (χ4n) is 2.70. The maximum atomic E-state index is 12.5. The zero-order chi connectivity index (χ0) is 14.9. The summed E-state index contributed by atoms with van der Waals surface area (Å²) in [6, 6.07) is 1.58. The van der Waals surface area contributed by atoms with Crippen LogP contribution in [0.4, 0.5) is 0 Å². The summed E-state index contributed by atoms with van der Waals surface area (Å²) in [5.41, 5.74) is 5.16. The summed E-state index contributed by atoms with van der Waals surface area (Å²) in [6.07, 6.45) is 3.00. The zero-order valence-corrected chi connectivity index (χ0v) is 12.5. The highest BCUT2D eigenvalue weighted by molar-refractivity contribution is 7.12. The molecular formula is C14H18N2O3S. The fraction of sp³-hybridized carbons (Fsp3) is 0.500. The Morgan fingerprint density at radius 2 is 1.90 bits per heavy atom. The van der Waals surface area contributed by atoms with Gasteiger partial charge >= 0.3 is 0 Å². The van der Waals surface area contributed by atoms with E-state index in [0.717, 1.165) is 12.8 Å². The van der Waals surface area contributed by atoms with E-state index < -0.39 is 11.4 Å². The molecule has 0 atom stereocenters. The molecule has 1 aliphatic carbocycles. The number of nitrogens with two attached hydrogens (primary N) is 1. The number of Topliss-reactive ketones (excluding diaryl/α,β-unsaturated/α-hetero) is 1. The minimum atomic E-state index is -0.878. The molecule has 1 fully saturated rings. The van der Waals surface area contributed by atoms with Crippen molar-refractivity contribution < 1.29 is 14.4 Å². The van der Waals surface area contributed by atoms with Crippen LogP contribution in [0.2, 0.25) is 0 Å². The summed E-state index contributed by atoms with van der Waals surface area (Å²) < 4.78 is 0. The molecule has 0 spiro atoms. The van der Waals surface area contributed by atoms with Crippen molar-refractivity contribution in [3.05, 3.63) is 21.9 Å². The molecule has 2 N–H and O–H groups in total. The molecule has 2 rings (SSSR count). The standard InChI is InChI=1S/C14H18N2O3S/c1-9(17)10-7-11(20-8-10)12(18)16(2)14(13(15)19)5-3-4-6-14/h7-8H,3-6H2,1-2H3,(H2,15,19). The molecule has 0 aliphatic heterocycles. The number of ketones is 1. The van der Waals surface area contributed by atoms with Crippen LogP contribution in [0.25, 0.3) is 0 Å². The van der Waals surface area contributed by atoms with E-state index in [1.807, 2.05) is 0 Å². The lowest BCUT2D eigenvalue weighted by Gasteiger charge is -2.35. The van der Waals surface area contributed by atoms with Crippen LogP contribution in [-0.2, 0) is 4.79 Å². The second kappa shape index (κ2) is 5.36. The Hall–Kier alpha value is -1.69. The Balaban J connectivity index is 2.27. The molecule has 0 unspecified atom stereocenters. The maximum absolute atomic E-state index is 12.5. The van der Waals surface area contributed by atoms with Crippen LogP contribution >= 0.6 is 11.3 Å². The normalized spacial score (nSPS) is 16.9. The summed E-state index contributed by atoms with van der Waals surface area (Å²) in [4.78, 5) is 37.5. The van der Waals surface area contributed by atoms with Crippen molar-refractivity contribution in [1.29, 1.82) is 0 Å². The van der Waals surface area contributed by atoms with E-state index in [1.54, 1.807) is 18.5 Å². The van der Waals surface area contributed by atoms with Gasteiger partial charge in [0.05, 0.1) is 4.88 Å². The van der Waals surface area contributed by atoms with E-state index in [1.165, 1.54) is 23.2 Å². The van der Waals surface area contributed by atoms with Gasteiger partial charge in [-0.1, -0.05) is 12.8 Å². The number of amides is 2. The van der Waals surface area contributed by atoms with Gasteiger partial charge in [0.25, 0.3) is 5.91 Å². The van der Waals surface area contributed by atoms with E-state index in [0.29, 0.717) is 23.3 Å². The Morgan fingerprint density at radius 1 is 1.30 bits per heavy atom. The van der Waals surface area contributed by atoms with Crippen LogP contribution in [0.1, 0.15) is 52.6 Å². The Kier molecular flexibility index (Phi) is 3.94. The number of nitrogens with zero attached hydrogens (tertiary/aromatic N) is 1. The van der Waals surface area contributed by atoms with Gasteiger partial charge in [-0.15, -0.1) is 11.3 Å². The summed E-state index contributed by atoms with van der Waals surface area (Å²) >= 11 is 1.22. The molecule has 1 aromatic rings. The van der Waals surface area contributed by atoms with Gasteiger partial charge in [0, 0.05) is 18.0 Å². The van der Waals surface area contributed by atoms with E-state index >= 15 is 0 Å². The van der Waals surface area contributed by atoms with Gasteiger partial charge in [-0.05, 0) is 25.8 Å². The highest BCUT2D eigenvalue weighted by atomic mass is 32.1. The fourth-order valence-corrected chi connectivity index (χ4v) is 3.62. The lowest BCUT2D eigenvalue weighted by Crippen LogP contribution is -2.56. The molecule has 0 saturated heterocycles. The van der Waals surface area contributed by atoms with E-state index in [2.05, 4.69) is 0 Å². The van der Waals surface area contributed by atoms with Crippen molar-refractivity contribution in [3.63, 3.8) is 0 Å². The van der Waals surface area contributed by atoms with Gasteiger partial charge in [-0.2, -0.15) is 0 Å². The molecule has 108 valence electrons. The number of hydrogen-bond acceptors (Lipinski definition) is 4. The quantitative estimate of drug-likeness (QED) is 0.860. The second-order valence-electron chi connectivity index (χ2n) is 5.22. The number of likely N-dealkylation sites (N-methyl/N-ethyl adjacent to an activating group) is 1. The molecule has 0 aromatic carbocycles. The SMILES string of the molecule is CC(=O)c1csc(C(=O)N(C)C2(C(N)=O)CCCC2)c1. The number of carbonyl (C=O) groups is 3. The molecule has 0 radical (unpaired) electrons. The molecule has 1 aliphatic rings. The van der Waals surface area contributed by atoms with Crippen molar-refractivity contribution in [3.8, 4) is 0 Å². The first-order valence-electron chi connectivity index (χ1n) is 6.56. The van der Waals surface area contributed by atoms with E-state index in [9.17, 15) is 14.4 Å². The average molecular weight is 294 g/mol. The number of hydrogen-bond donors (Lipinski definition) is 1. The number of primary amides is 1. The first-order chi connectivity index (χ1) is 9.38. The Bertz CT molecular complexity index is 559. The second-order valence-corrected chi connectivity index (χ2v) is 6.13. The summed E-state index contributed by atoms with van der Waals surface area (Å²) in [6.45, 7) is 1.46. The lowest BCUT2D eigenvalue weighted by atomic mass is 9.94. The highest BCUT2D eigenvalue weighted by Crippen LogP contribution is 2.35. The molecule has 1 saturated carbocycles. The van der Waals surface area contributed by atoms with Gasteiger partial charge in [0.15, 0.2) is 5.78 Å². The molecule has 1 aromatic heterocycles. The van der Waals surface area contributed by atoms with Gasteiger partial charge in [0.2, 0.25) is 5.91 Å². The maximum Gasteiger partial charge on any atom is 0.264 e. The van der Waals surface area contributed by atoms with Crippen LogP contribution in [0.15, 0.2) is 11.4 Å². The van der Waals surface area contributed by atoms with Crippen molar-refractivity contribution in [2.45, 2.75) is 38.1 Å².